The molecule has 134 valence electrons. The van der Waals surface area contributed by atoms with Crippen LogP contribution in [-0.2, 0) is 0 Å². The van der Waals surface area contributed by atoms with Crippen LogP contribution in [0.25, 0.3) is 16.6 Å². The van der Waals surface area contributed by atoms with Gasteiger partial charge in [0.25, 0.3) is 0 Å². The highest BCUT2D eigenvalue weighted by Gasteiger charge is 2.20. The van der Waals surface area contributed by atoms with Gasteiger partial charge in [-0.15, -0.1) is 0 Å². The molecule has 0 unspecified atom stereocenters. The predicted molar refractivity (Wildman–Crippen MR) is 104 cm³/mol. The van der Waals surface area contributed by atoms with Gasteiger partial charge in [-0.2, -0.15) is 5.10 Å². The summed E-state index contributed by atoms with van der Waals surface area (Å²) in [5.74, 6) is 1.28. The second kappa shape index (κ2) is 6.96. The Kier molecular flexibility index (Phi) is 4.34. The summed E-state index contributed by atoms with van der Waals surface area (Å²) < 4.78 is 12.3. The van der Waals surface area contributed by atoms with E-state index in [-0.39, 0.29) is 5.78 Å². The van der Waals surface area contributed by atoms with Crippen LogP contribution in [0.15, 0.2) is 72.8 Å². The van der Waals surface area contributed by atoms with Crippen LogP contribution in [0.2, 0.25) is 0 Å². The van der Waals surface area contributed by atoms with Gasteiger partial charge in [0.2, 0.25) is 5.78 Å². The van der Waals surface area contributed by atoms with Crippen LogP contribution in [0.1, 0.15) is 16.1 Å². The standard InChI is InChI=1S/C22H18N2O3/c1-26-17-10-8-15(9-11-17)22(25)21-19-13-12-18(27-2)14-20(19)24(23-21)16-6-4-3-5-7-16/h3-14H,1-2H3. The van der Waals surface area contributed by atoms with Gasteiger partial charge in [-0.25, -0.2) is 4.68 Å². The fourth-order valence-electron chi connectivity index (χ4n) is 3.03. The van der Waals surface area contributed by atoms with Crippen LogP contribution < -0.4 is 9.47 Å². The summed E-state index contributed by atoms with van der Waals surface area (Å²) >= 11 is 0. The number of methoxy groups -OCH3 is 2. The molecule has 0 fully saturated rings. The molecule has 0 amide bonds. The van der Waals surface area contributed by atoms with Gasteiger partial charge in [-0.3, -0.25) is 4.79 Å². The Labute approximate surface area is 156 Å². The lowest BCUT2D eigenvalue weighted by molar-refractivity contribution is 0.103. The smallest absolute Gasteiger partial charge is 0.213 e. The molecule has 27 heavy (non-hydrogen) atoms. The average molecular weight is 358 g/mol. The van der Waals surface area contributed by atoms with Crippen LogP contribution >= 0.6 is 0 Å². The highest BCUT2D eigenvalue weighted by atomic mass is 16.5. The van der Waals surface area contributed by atoms with Crippen molar-refractivity contribution in [1.29, 1.82) is 0 Å². The highest BCUT2D eigenvalue weighted by Crippen LogP contribution is 2.28. The largest absolute Gasteiger partial charge is 0.497 e. The molecule has 0 aliphatic rings. The number of carbonyl (C=O) groups is 1. The minimum atomic E-state index is -0.137. The summed E-state index contributed by atoms with van der Waals surface area (Å²) in [4.78, 5) is 13.1. The molecule has 0 aliphatic heterocycles. The van der Waals surface area contributed by atoms with E-state index >= 15 is 0 Å². The van der Waals surface area contributed by atoms with E-state index in [1.165, 1.54) is 0 Å². The van der Waals surface area contributed by atoms with Gasteiger partial charge in [0.15, 0.2) is 0 Å². The minimum absolute atomic E-state index is 0.137. The maximum atomic E-state index is 13.1. The summed E-state index contributed by atoms with van der Waals surface area (Å²) in [7, 11) is 3.22. The Morgan fingerprint density at radius 3 is 2.19 bits per heavy atom. The zero-order chi connectivity index (χ0) is 18.8. The fraction of sp³-hybridized carbons (Fsp3) is 0.0909. The predicted octanol–water partition coefficient (Wildman–Crippen LogP) is 4.27. The number of fused-ring (bicyclic) bond motifs is 1. The maximum Gasteiger partial charge on any atom is 0.213 e. The first kappa shape index (κ1) is 16.8. The third-order valence-corrected chi connectivity index (χ3v) is 4.46. The van der Waals surface area contributed by atoms with Gasteiger partial charge in [0.1, 0.15) is 17.2 Å². The van der Waals surface area contributed by atoms with Gasteiger partial charge in [-0.1, -0.05) is 18.2 Å². The van der Waals surface area contributed by atoms with Gasteiger partial charge < -0.3 is 9.47 Å². The number of ether oxygens (including phenoxy) is 2. The van der Waals surface area contributed by atoms with Crippen molar-refractivity contribution in [3.63, 3.8) is 0 Å². The van der Waals surface area contributed by atoms with Crippen molar-refractivity contribution in [3.05, 3.63) is 84.1 Å². The van der Waals surface area contributed by atoms with E-state index in [1.54, 1.807) is 43.2 Å². The first-order valence-electron chi connectivity index (χ1n) is 8.52. The molecule has 1 heterocycles. The van der Waals surface area contributed by atoms with E-state index < -0.39 is 0 Å². The molecule has 4 aromatic rings. The van der Waals surface area contributed by atoms with E-state index in [9.17, 15) is 4.79 Å². The van der Waals surface area contributed by atoms with E-state index in [0.717, 1.165) is 16.6 Å². The minimum Gasteiger partial charge on any atom is -0.497 e. The number of benzene rings is 3. The lowest BCUT2D eigenvalue weighted by atomic mass is 10.1. The van der Waals surface area contributed by atoms with Crippen molar-refractivity contribution in [3.8, 4) is 17.2 Å². The molecule has 0 radical (unpaired) electrons. The summed E-state index contributed by atoms with van der Waals surface area (Å²) in [6, 6.07) is 22.4. The highest BCUT2D eigenvalue weighted by molar-refractivity contribution is 6.15. The fourth-order valence-corrected chi connectivity index (χ4v) is 3.03. The third kappa shape index (κ3) is 3.04. The molecule has 3 aromatic carbocycles. The van der Waals surface area contributed by atoms with Crippen LogP contribution in [0.3, 0.4) is 0 Å². The monoisotopic (exact) mass is 358 g/mol. The van der Waals surface area contributed by atoms with E-state index in [1.807, 2.05) is 48.5 Å². The molecule has 4 rings (SSSR count). The molecular formula is C22H18N2O3. The first-order valence-corrected chi connectivity index (χ1v) is 8.52. The summed E-state index contributed by atoms with van der Waals surface area (Å²) in [6.45, 7) is 0. The van der Waals surface area contributed by atoms with Crippen molar-refractivity contribution in [2.75, 3.05) is 14.2 Å². The molecule has 0 bridgehead atoms. The number of carbonyl (C=O) groups excluding carboxylic acids is 1. The van der Waals surface area contributed by atoms with E-state index in [0.29, 0.717) is 22.8 Å². The average Bonchev–Trinajstić information content (AvgIpc) is 3.12. The third-order valence-electron chi connectivity index (χ3n) is 4.46. The number of rotatable bonds is 5. The molecule has 0 N–H and O–H groups in total. The summed E-state index contributed by atoms with van der Waals surface area (Å²) in [5.41, 5.74) is 2.66. The molecule has 5 heteroatoms. The molecule has 0 aliphatic carbocycles. The number of nitrogens with zero attached hydrogens (tertiary/aromatic N) is 2. The lowest BCUT2D eigenvalue weighted by Gasteiger charge is -2.04. The quantitative estimate of drug-likeness (QED) is 0.500. The van der Waals surface area contributed by atoms with Gasteiger partial charge in [0.05, 0.1) is 25.4 Å². The molecule has 5 nitrogen and oxygen atoms in total. The normalized spacial score (nSPS) is 10.7. The molecule has 0 saturated carbocycles. The van der Waals surface area contributed by atoms with E-state index in [4.69, 9.17) is 9.47 Å². The van der Waals surface area contributed by atoms with Gasteiger partial charge in [0, 0.05) is 17.0 Å². The zero-order valence-electron chi connectivity index (χ0n) is 15.0. The van der Waals surface area contributed by atoms with E-state index in [2.05, 4.69) is 5.10 Å². The number of para-hydroxylation sites is 1. The van der Waals surface area contributed by atoms with Crippen molar-refractivity contribution < 1.29 is 14.3 Å². The lowest BCUT2D eigenvalue weighted by Crippen LogP contribution is -2.04. The second-order valence-corrected chi connectivity index (χ2v) is 6.04. The Morgan fingerprint density at radius 1 is 0.852 bits per heavy atom. The van der Waals surface area contributed by atoms with Crippen LogP contribution in [-0.4, -0.2) is 29.8 Å². The Hall–Kier alpha value is -3.60. The first-order chi connectivity index (χ1) is 13.2. The second-order valence-electron chi connectivity index (χ2n) is 6.04. The van der Waals surface area contributed by atoms with Crippen molar-refractivity contribution in [1.82, 2.24) is 9.78 Å². The molecule has 0 spiro atoms. The number of ketones is 1. The molecule has 1 aromatic heterocycles. The van der Waals surface area contributed by atoms with Gasteiger partial charge >= 0.3 is 0 Å². The summed E-state index contributed by atoms with van der Waals surface area (Å²) in [5, 5.41) is 5.41. The number of hydrogen-bond donors (Lipinski definition) is 0. The maximum absolute atomic E-state index is 13.1. The van der Waals surface area contributed by atoms with Crippen LogP contribution in [0.5, 0.6) is 11.5 Å². The Bertz CT molecular complexity index is 1100. The SMILES string of the molecule is COc1ccc(C(=O)c2nn(-c3ccccc3)c3cc(OC)ccc23)cc1. The zero-order valence-corrected chi connectivity index (χ0v) is 15.0. The van der Waals surface area contributed by atoms with Crippen molar-refractivity contribution in [2.24, 2.45) is 0 Å². The van der Waals surface area contributed by atoms with Gasteiger partial charge in [-0.05, 0) is 48.5 Å². The van der Waals surface area contributed by atoms with Crippen molar-refractivity contribution >= 4 is 16.7 Å². The number of aromatic nitrogens is 2. The molecule has 0 atom stereocenters. The number of hydrogen-bond acceptors (Lipinski definition) is 4. The summed E-state index contributed by atoms with van der Waals surface area (Å²) in [6.07, 6.45) is 0. The Balaban J connectivity index is 1.88. The Morgan fingerprint density at radius 2 is 1.52 bits per heavy atom. The van der Waals surface area contributed by atoms with Crippen LogP contribution in [0, 0.1) is 0 Å². The topological polar surface area (TPSA) is 53.3 Å². The molecular weight excluding hydrogens is 340 g/mol. The van der Waals surface area contributed by atoms with Crippen LogP contribution in [0.4, 0.5) is 0 Å². The van der Waals surface area contributed by atoms with Crippen molar-refractivity contribution in [2.45, 2.75) is 0 Å². The molecule has 0 saturated heterocycles.